The Morgan fingerprint density at radius 1 is 1.44 bits per heavy atom. The van der Waals surface area contributed by atoms with Crippen LogP contribution in [0.15, 0.2) is 24.5 Å². The molecule has 16 heavy (non-hydrogen) atoms. The molecule has 0 radical (unpaired) electrons. The second kappa shape index (κ2) is 6.23. The minimum atomic E-state index is 0.772. The molecule has 0 unspecified atom stereocenters. The first-order valence-corrected chi connectivity index (χ1v) is 5.50. The lowest BCUT2D eigenvalue weighted by molar-refractivity contribution is 0.706. The number of hydrogen-bond acceptors (Lipinski definition) is 4. The van der Waals surface area contributed by atoms with Crippen LogP contribution in [0.2, 0.25) is 0 Å². The van der Waals surface area contributed by atoms with E-state index in [2.05, 4.69) is 28.8 Å². The van der Waals surface area contributed by atoms with E-state index in [1.165, 1.54) is 0 Å². The molecule has 1 N–H and O–H groups in total. The van der Waals surface area contributed by atoms with Crippen LogP contribution in [0.3, 0.4) is 0 Å². The Morgan fingerprint density at radius 2 is 2.19 bits per heavy atom. The lowest BCUT2D eigenvalue weighted by Gasteiger charge is -2.17. The van der Waals surface area contributed by atoms with Crippen molar-refractivity contribution in [1.82, 2.24) is 15.3 Å². The summed E-state index contributed by atoms with van der Waals surface area (Å²) in [6, 6.07) is 0. The molecule has 1 rings (SSSR count). The van der Waals surface area contributed by atoms with Crippen LogP contribution in [0, 0.1) is 0 Å². The van der Waals surface area contributed by atoms with E-state index in [-0.39, 0.29) is 0 Å². The highest BCUT2D eigenvalue weighted by atomic mass is 15.2. The van der Waals surface area contributed by atoms with E-state index in [0.717, 1.165) is 36.7 Å². The SMILES string of the molecule is C=C(C)CN(C)c1cnc(CNCC)cn1. The van der Waals surface area contributed by atoms with E-state index in [0.29, 0.717) is 0 Å². The highest BCUT2D eigenvalue weighted by Gasteiger charge is 2.03. The van der Waals surface area contributed by atoms with Crippen LogP contribution < -0.4 is 10.2 Å². The number of anilines is 1. The van der Waals surface area contributed by atoms with Crippen molar-refractivity contribution in [3.05, 3.63) is 30.2 Å². The molecule has 0 atom stereocenters. The van der Waals surface area contributed by atoms with Gasteiger partial charge in [-0.1, -0.05) is 19.1 Å². The van der Waals surface area contributed by atoms with Crippen molar-refractivity contribution in [3.8, 4) is 0 Å². The van der Waals surface area contributed by atoms with Gasteiger partial charge in [0.25, 0.3) is 0 Å². The number of likely N-dealkylation sites (N-methyl/N-ethyl adjacent to an activating group) is 1. The van der Waals surface area contributed by atoms with Crippen LogP contribution in [0.5, 0.6) is 0 Å². The molecule has 0 aliphatic heterocycles. The molecule has 0 aliphatic rings. The predicted octanol–water partition coefficient (Wildman–Crippen LogP) is 1.60. The van der Waals surface area contributed by atoms with Gasteiger partial charge < -0.3 is 10.2 Å². The first kappa shape index (κ1) is 12.6. The highest BCUT2D eigenvalue weighted by molar-refractivity contribution is 5.36. The summed E-state index contributed by atoms with van der Waals surface area (Å²) in [6.07, 6.45) is 3.61. The molecule has 1 aromatic heterocycles. The number of nitrogens with zero attached hydrogens (tertiary/aromatic N) is 3. The molecule has 0 aliphatic carbocycles. The van der Waals surface area contributed by atoms with E-state index >= 15 is 0 Å². The van der Waals surface area contributed by atoms with Gasteiger partial charge in [0.05, 0.1) is 18.1 Å². The van der Waals surface area contributed by atoms with Gasteiger partial charge in [0.1, 0.15) is 5.82 Å². The average Bonchev–Trinajstić information content (AvgIpc) is 2.26. The van der Waals surface area contributed by atoms with Crippen molar-refractivity contribution in [3.63, 3.8) is 0 Å². The Labute approximate surface area is 97.4 Å². The molecule has 0 saturated carbocycles. The molecule has 4 nitrogen and oxygen atoms in total. The van der Waals surface area contributed by atoms with Gasteiger partial charge in [0, 0.05) is 20.1 Å². The molecule has 0 aromatic carbocycles. The van der Waals surface area contributed by atoms with E-state index in [1.807, 2.05) is 25.1 Å². The molecule has 0 spiro atoms. The zero-order valence-electron chi connectivity index (χ0n) is 10.3. The maximum Gasteiger partial charge on any atom is 0.147 e. The van der Waals surface area contributed by atoms with Gasteiger partial charge >= 0.3 is 0 Å². The second-order valence-electron chi connectivity index (χ2n) is 3.96. The van der Waals surface area contributed by atoms with Crippen LogP contribution in [0.4, 0.5) is 5.82 Å². The maximum atomic E-state index is 4.37. The van der Waals surface area contributed by atoms with Crippen molar-refractivity contribution < 1.29 is 0 Å². The van der Waals surface area contributed by atoms with Crippen LogP contribution in [-0.4, -0.2) is 30.1 Å². The molecular weight excluding hydrogens is 200 g/mol. The lowest BCUT2D eigenvalue weighted by Crippen LogP contribution is -2.21. The fraction of sp³-hybridized carbons (Fsp3) is 0.500. The van der Waals surface area contributed by atoms with Gasteiger partial charge in [-0.25, -0.2) is 4.98 Å². The van der Waals surface area contributed by atoms with Crippen molar-refractivity contribution in [2.75, 3.05) is 25.0 Å². The third kappa shape index (κ3) is 3.98. The van der Waals surface area contributed by atoms with Crippen molar-refractivity contribution in [2.24, 2.45) is 0 Å². The minimum absolute atomic E-state index is 0.772. The summed E-state index contributed by atoms with van der Waals surface area (Å²) in [7, 11) is 1.99. The maximum absolute atomic E-state index is 4.37. The molecule has 88 valence electrons. The first-order chi connectivity index (χ1) is 7.63. The summed E-state index contributed by atoms with van der Waals surface area (Å²) in [5.74, 6) is 0.878. The van der Waals surface area contributed by atoms with Gasteiger partial charge in [-0.3, -0.25) is 4.98 Å². The monoisotopic (exact) mass is 220 g/mol. The standard InChI is InChI=1S/C12H20N4/c1-5-13-6-11-7-15-12(8-14-11)16(4)9-10(2)3/h7-8,13H,2,5-6,9H2,1,3-4H3. The summed E-state index contributed by atoms with van der Waals surface area (Å²) in [6.45, 7) is 10.5. The lowest BCUT2D eigenvalue weighted by atomic mass is 10.3. The molecular formula is C12H20N4. The molecule has 1 aromatic rings. The van der Waals surface area contributed by atoms with Crippen LogP contribution in [0.25, 0.3) is 0 Å². The van der Waals surface area contributed by atoms with E-state index < -0.39 is 0 Å². The number of hydrogen-bond donors (Lipinski definition) is 1. The average molecular weight is 220 g/mol. The Morgan fingerprint density at radius 3 is 2.69 bits per heavy atom. The Bertz CT molecular complexity index is 331. The van der Waals surface area contributed by atoms with Crippen LogP contribution >= 0.6 is 0 Å². The van der Waals surface area contributed by atoms with E-state index in [9.17, 15) is 0 Å². The van der Waals surface area contributed by atoms with Crippen LogP contribution in [-0.2, 0) is 6.54 Å². The molecule has 0 saturated heterocycles. The zero-order chi connectivity index (χ0) is 12.0. The predicted molar refractivity (Wildman–Crippen MR) is 67.5 cm³/mol. The molecule has 1 heterocycles. The minimum Gasteiger partial charge on any atom is -0.354 e. The summed E-state index contributed by atoms with van der Waals surface area (Å²) < 4.78 is 0. The van der Waals surface area contributed by atoms with Gasteiger partial charge in [-0.05, 0) is 13.5 Å². The van der Waals surface area contributed by atoms with Crippen molar-refractivity contribution >= 4 is 5.82 Å². The zero-order valence-corrected chi connectivity index (χ0v) is 10.3. The van der Waals surface area contributed by atoms with E-state index in [1.54, 1.807) is 6.20 Å². The Balaban J connectivity index is 2.59. The summed E-state index contributed by atoms with van der Waals surface area (Å²) in [4.78, 5) is 10.7. The molecule has 0 amide bonds. The smallest absolute Gasteiger partial charge is 0.147 e. The van der Waals surface area contributed by atoms with Crippen molar-refractivity contribution in [1.29, 1.82) is 0 Å². The van der Waals surface area contributed by atoms with Gasteiger partial charge in [0.15, 0.2) is 0 Å². The fourth-order valence-electron chi connectivity index (χ4n) is 1.38. The normalized spacial score (nSPS) is 10.2. The van der Waals surface area contributed by atoms with Crippen LogP contribution in [0.1, 0.15) is 19.5 Å². The third-order valence-electron chi connectivity index (χ3n) is 2.15. The van der Waals surface area contributed by atoms with E-state index in [4.69, 9.17) is 0 Å². The topological polar surface area (TPSA) is 41.1 Å². The number of aromatic nitrogens is 2. The number of nitrogens with one attached hydrogen (secondary N) is 1. The summed E-state index contributed by atoms with van der Waals surface area (Å²) in [5.41, 5.74) is 2.08. The van der Waals surface area contributed by atoms with Crippen molar-refractivity contribution in [2.45, 2.75) is 20.4 Å². The summed E-state index contributed by atoms with van der Waals surface area (Å²) in [5, 5.41) is 3.22. The second-order valence-corrected chi connectivity index (χ2v) is 3.96. The van der Waals surface area contributed by atoms with Gasteiger partial charge in [-0.2, -0.15) is 0 Å². The highest BCUT2D eigenvalue weighted by Crippen LogP contribution is 2.08. The third-order valence-corrected chi connectivity index (χ3v) is 2.15. The number of rotatable bonds is 6. The fourth-order valence-corrected chi connectivity index (χ4v) is 1.38. The Kier molecular flexibility index (Phi) is 4.92. The first-order valence-electron chi connectivity index (χ1n) is 5.50. The molecule has 4 heteroatoms. The molecule has 0 fully saturated rings. The molecule has 0 bridgehead atoms. The quantitative estimate of drug-likeness (QED) is 0.739. The summed E-state index contributed by atoms with van der Waals surface area (Å²) >= 11 is 0. The van der Waals surface area contributed by atoms with Gasteiger partial charge in [-0.15, -0.1) is 0 Å². The largest absolute Gasteiger partial charge is 0.354 e. The van der Waals surface area contributed by atoms with Gasteiger partial charge in [0.2, 0.25) is 0 Å². The Hall–Kier alpha value is -1.42.